The molecule has 4 aromatic rings. The maximum absolute atomic E-state index is 13.0. The molecule has 200 valence electrons. The molecular formula is C28H28F3N3O3S. The minimum Gasteiger partial charge on any atom is -0.394 e. The molecular weight excluding hydrogens is 515 g/mol. The molecule has 10 heteroatoms. The number of carbonyl (C=O) groups is 1. The van der Waals surface area contributed by atoms with Gasteiger partial charge >= 0.3 is 6.18 Å². The second-order valence-electron chi connectivity index (χ2n) is 8.67. The number of nitrogens with zero attached hydrogens (tertiary/aromatic N) is 2. The fraction of sp³-hybridized carbons (Fsp3) is 0.286. The number of carbonyl (C=O) groups excluding carboxylic acids is 1. The molecule has 2 heterocycles. The van der Waals surface area contributed by atoms with E-state index in [2.05, 4.69) is 17.2 Å². The number of benzene rings is 2. The smallest absolute Gasteiger partial charge is 0.394 e. The van der Waals surface area contributed by atoms with E-state index in [-0.39, 0.29) is 18.2 Å². The number of pyridine rings is 1. The number of aromatic nitrogens is 2. The predicted molar refractivity (Wildman–Crippen MR) is 141 cm³/mol. The Bertz CT molecular complexity index is 1400. The zero-order valence-electron chi connectivity index (χ0n) is 20.9. The molecule has 0 saturated heterocycles. The minimum absolute atomic E-state index is 0.0858. The molecule has 0 saturated carbocycles. The first-order valence-electron chi connectivity index (χ1n) is 12.1. The molecule has 4 rings (SSSR count). The first-order chi connectivity index (χ1) is 18.2. The average Bonchev–Trinajstić information content (AvgIpc) is 3.29. The SMILES string of the molecule is CCSc1ccc(C(CO)NC(=O)c2ccc3c(c2)cc(C(O)c2ccc(C(F)(F)F)cn2)n3CC)cc1. The summed E-state index contributed by atoms with van der Waals surface area (Å²) in [4.78, 5) is 18.0. The standard InChI is InChI=1S/C28H28F3N3O3S/c1-3-34-24-12-7-18(27(37)33-23(16-35)17-5-9-21(10-6-17)38-4-2)13-19(24)14-25(34)26(36)22-11-8-20(15-32-22)28(29,30)31/h5-15,23,26,35-36H,3-4,16H2,1-2H3,(H,33,37). The molecule has 0 aliphatic carbocycles. The Morgan fingerprint density at radius 3 is 2.39 bits per heavy atom. The Kier molecular flexibility index (Phi) is 8.44. The number of rotatable bonds is 9. The second-order valence-corrected chi connectivity index (χ2v) is 10.0. The number of nitrogens with one attached hydrogen (secondary N) is 1. The minimum atomic E-state index is -4.52. The van der Waals surface area contributed by atoms with Crippen molar-refractivity contribution < 1.29 is 28.2 Å². The Hall–Kier alpha value is -3.34. The van der Waals surface area contributed by atoms with Crippen molar-refractivity contribution in [2.45, 2.75) is 43.6 Å². The number of hydrogen-bond donors (Lipinski definition) is 3. The van der Waals surface area contributed by atoms with Gasteiger partial charge in [0.15, 0.2) is 0 Å². The van der Waals surface area contributed by atoms with Gasteiger partial charge in [0.2, 0.25) is 0 Å². The van der Waals surface area contributed by atoms with Gasteiger partial charge in [-0.15, -0.1) is 11.8 Å². The fourth-order valence-electron chi connectivity index (χ4n) is 4.34. The van der Waals surface area contributed by atoms with Gasteiger partial charge in [-0.3, -0.25) is 9.78 Å². The summed E-state index contributed by atoms with van der Waals surface area (Å²) in [5.74, 6) is 0.579. The van der Waals surface area contributed by atoms with Crippen LogP contribution in [0, 0.1) is 0 Å². The Labute approximate surface area is 222 Å². The van der Waals surface area contributed by atoms with E-state index in [1.54, 1.807) is 36.0 Å². The van der Waals surface area contributed by atoms with Gasteiger partial charge in [0, 0.05) is 34.1 Å². The van der Waals surface area contributed by atoms with E-state index in [1.807, 2.05) is 35.8 Å². The van der Waals surface area contributed by atoms with Gasteiger partial charge in [0.1, 0.15) is 6.10 Å². The summed E-state index contributed by atoms with van der Waals surface area (Å²) in [6.07, 6.45) is -5.07. The summed E-state index contributed by atoms with van der Waals surface area (Å²) in [6.45, 7) is 4.17. The number of amides is 1. The van der Waals surface area contributed by atoms with Gasteiger partial charge in [0.25, 0.3) is 5.91 Å². The predicted octanol–water partition coefficient (Wildman–Crippen LogP) is 5.73. The third kappa shape index (κ3) is 5.87. The van der Waals surface area contributed by atoms with E-state index < -0.39 is 23.9 Å². The van der Waals surface area contributed by atoms with Crippen LogP contribution in [0.25, 0.3) is 10.9 Å². The number of halogens is 3. The third-order valence-corrected chi connectivity index (χ3v) is 7.16. The third-order valence-electron chi connectivity index (χ3n) is 6.27. The molecule has 0 aliphatic heterocycles. The summed E-state index contributed by atoms with van der Waals surface area (Å²) >= 11 is 1.70. The van der Waals surface area contributed by atoms with Crippen molar-refractivity contribution in [2.24, 2.45) is 0 Å². The maximum Gasteiger partial charge on any atom is 0.417 e. The van der Waals surface area contributed by atoms with E-state index in [4.69, 9.17) is 0 Å². The van der Waals surface area contributed by atoms with Crippen molar-refractivity contribution in [3.05, 3.63) is 94.9 Å². The molecule has 6 nitrogen and oxygen atoms in total. The number of hydrogen-bond acceptors (Lipinski definition) is 5. The second kappa shape index (κ2) is 11.6. The molecule has 1 amide bonds. The largest absolute Gasteiger partial charge is 0.417 e. The van der Waals surface area contributed by atoms with Crippen LogP contribution in [0.4, 0.5) is 13.2 Å². The Balaban J connectivity index is 1.58. The normalized spacial score (nSPS) is 13.4. The summed E-state index contributed by atoms with van der Waals surface area (Å²) in [5, 5.41) is 24.4. The van der Waals surface area contributed by atoms with E-state index in [9.17, 15) is 28.2 Å². The number of thioether (sulfide) groups is 1. The van der Waals surface area contributed by atoms with Crippen molar-refractivity contribution in [1.29, 1.82) is 0 Å². The number of aliphatic hydroxyl groups excluding tert-OH is 2. The highest BCUT2D eigenvalue weighted by Crippen LogP contribution is 2.32. The lowest BCUT2D eigenvalue weighted by Crippen LogP contribution is -2.30. The Morgan fingerprint density at radius 1 is 1.08 bits per heavy atom. The highest BCUT2D eigenvalue weighted by atomic mass is 32.2. The first kappa shape index (κ1) is 27.7. The van der Waals surface area contributed by atoms with Crippen molar-refractivity contribution in [1.82, 2.24) is 14.9 Å². The maximum atomic E-state index is 13.0. The first-order valence-corrected chi connectivity index (χ1v) is 13.1. The molecule has 0 bridgehead atoms. The number of alkyl halides is 3. The zero-order valence-corrected chi connectivity index (χ0v) is 21.7. The lowest BCUT2D eigenvalue weighted by molar-refractivity contribution is -0.137. The number of aryl methyl sites for hydroxylation is 1. The fourth-order valence-corrected chi connectivity index (χ4v) is 5.00. The van der Waals surface area contributed by atoms with Crippen molar-refractivity contribution in [3.8, 4) is 0 Å². The molecule has 3 N–H and O–H groups in total. The van der Waals surface area contributed by atoms with Crippen LogP contribution in [-0.4, -0.2) is 38.0 Å². The van der Waals surface area contributed by atoms with Gasteiger partial charge in [-0.2, -0.15) is 13.2 Å². The summed E-state index contributed by atoms with van der Waals surface area (Å²) in [6, 6.07) is 15.9. The van der Waals surface area contributed by atoms with Gasteiger partial charge in [-0.05, 0) is 66.8 Å². The van der Waals surface area contributed by atoms with Crippen molar-refractivity contribution in [3.63, 3.8) is 0 Å². The monoisotopic (exact) mass is 543 g/mol. The quantitative estimate of drug-likeness (QED) is 0.235. The van der Waals surface area contributed by atoms with Crippen LogP contribution in [0.3, 0.4) is 0 Å². The molecule has 38 heavy (non-hydrogen) atoms. The average molecular weight is 544 g/mol. The molecule has 0 radical (unpaired) electrons. The highest BCUT2D eigenvalue weighted by molar-refractivity contribution is 7.99. The van der Waals surface area contributed by atoms with Gasteiger partial charge in [-0.1, -0.05) is 19.1 Å². The zero-order chi connectivity index (χ0) is 27.4. The highest BCUT2D eigenvalue weighted by Gasteiger charge is 2.31. The van der Waals surface area contributed by atoms with Crippen molar-refractivity contribution >= 4 is 28.6 Å². The topological polar surface area (TPSA) is 87.4 Å². The van der Waals surface area contributed by atoms with E-state index in [0.717, 1.165) is 33.9 Å². The lowest BCUT2D eigenvalue weighted by Gasteiger charge is -2.17. The van der Waals surface area contributed by atoms with E-state index in [1.165, 1.54) is 0 Å². The molecule has 2 atom stereocenters. The van der Waals surface area contributed by atoms with Gasteiger partial charge < -0.3 is 20.1 Å². The van der Waals surface area contributed by atoms with E-state index >= 15 is 0 Å². The van der Waals surface area contributed by atoms with Gasteiger partial charge in [-0.25, -0.2) is 0 Å². The molecule has 0 fully saturated rings. The summed E-state index contributed by atoms with van der Waals surface area (Å²) in [5.41, 5.74) is 1.56. The molecule has 2 aromatic carbocycles. The van der Waals surface area contributed by atoms with Crippen LogP contribution in [0.15, 0.2) is 71.8 Å². The molecule has 0 spiro atoms. The summed E-state index contributed by atoms with van der Waals surface area (Å²) in [7, 11) is 0. The summed E-state index contributed by atoms with van der Waals surface area (Å²) < 4.78 is 40.5. The van der Waals surface area contributed by atoms with Crippen LogP contribution in [-0.2, 0) is 12.7 Å². The Morgan fingerprint density at radius 2 is 1.82 bits per heavy atom. The molecule has 2 aromatic heterocycles. The van der Waals surface area contributed by atoms with Crippen LogP contribution < -0.4 is 5.32 Å². The number of aliphatic hydroxyl groups is 2. The molecule has 2 unspecified atom stereocenters. The lowest BCUT2D eigenvalue weighted by atomic mass is 10.1. The van der Waals surface area contributed by atoms with Gasteiger partial charge in [0.05, 0.1) is 29.6 Å². The van der Waals surface area contributed by atoms with Crippen LogP contribution in [0.1, 0.15) is 58.9 Å². The number of fused-ring (bicyclic) bond motifs is 1. The van der Waals surface area contributed by atoms with Crippen LogP contribution in [0.5, 0.6) is 0 Å². The van der Waals surface area contributed by atoms with Crippen LogP contribution >= 0.6 is 11.8 Å². The van der Waals surface area contributed by atoms with Crippen LogP contribution in [0.2, 0.25) is 0 Å². The molecule has 0 aliphatic rings. The van der Waals surface area contributed by atoms with E-state index in [0.29, 0.717) is 29.4 Å². The van der Waals surface area contributed by atoms with Crippen molar-refractivity contribution in [2.75, 3.05) is 12.4 Å².